The first-order chi connectivity index (χ1) is 7.67. The first-order valence-corrected chi connectivity index (χ1v) is 6.24. The van der Waals surface area contributed by atoms with Crippen molar-refractivity contribution in [2.24, 2.45) is 11.8 Å². The highest BCUT2D eigenvalue weighted by Gasteiger charge is 2.46. The third-order valence-corrected chi connectivity index (χ3v) is 4.28. The van der Waals surface area contributed by atoms with Gasteiger partial charge in [-0.2, -0.15) is 0 Å². The highest BCUT2D eigenvalue weighted by Crippen LogP contribution is 2.47. The summed E-state index contributed by atoms with van der Waals surface area (Å²) in [5.74, 6) is 1.26. The van der Waals surface area contributed by atoms with Gasteiger partial charge < -0.3 is 10.4 Å². The van der Waals surface area contributed by atoms with Crippen molar-refractivity contribution in [2.75, 3.05) is 13.1 Å². The molecule has 1 aromatic carbocycles. The molecule has 3 rings (SSSR count). The van der Waals surface area contributed by atoms with Crippen LogP contribution >= 0.6 is 11.6 Å². The Morgan fingerprint density at radius 1 is 1.25 bits per heavy atom. The Balaban J connectivity index is 1.89. The summed E-state index contributed by atoms with van der Waals surface area (Å²) in [7, 11) is 0. The maximum atomic E-state index is 10.7. The third kappa shape index (κ3) is 1.65. The molecule has 2 N–H and O–H groups in total. The van der Waals surface area contributed by atoms with E-state index in [0.29, 0.717) is 16.9 Å². The number of halogens is 1. The molecule has 2 aliphatic rings. The van der Waals surface area contributed by atoms with Crippen LogP contribution in [-0.2, 0) is 5.60 Å². The molecular formula is C13H16ClNO. The van der Waals surface area contributed by atoms with Crippen LogP contribution in [0.5, 0.6) is 0 Å². The summed E-state index contributed by atoms with van der Waals surface area (Å²) >= 11 is 5.98. The average Bonchev–Trinajstić information content (AvgIpc) is 2.76. The maximum absolute atomic E-state index is 10.7. The minimum Gasteiger partial charge on any atom is -0.385 e. The van der Waals surface area contributed by atoms with E-state index < -0.39 is 5.60 Å². The van der Waals surface area contributed by atoms with Gasteiger partial charge in [0.05, 0.1) is 5.60 Å². The molecular weight excluding hydrogens is 222 g/mol. The number of hydrogen-bond donors (Lipinski definition) is 2. The second-order valence-corrected chi connectivity index (χ2v) is 5.57. The van der Waals surface area contributed by atoms with Gasteiger partial charge >= 0.3 is 0 Å². The molecule has 2 atom stereocenters. The summed E-state index contributed by atoms with van der Waals surface area (Å²) < 4.78 is 0. The Labute approximate surface area is 101 Å². The van der Waals surface area contributed by atoms with Gasteiger partial charge in [0, 0.05) is 5.02 Å². The van der Waals surface area contributed by atoms with Crippen molar-refractivity contribution in [2.45, 2.75) is 18.4 Å². The normalized spacial score (nSPS) is 37.6. The monoisotopic (exact) mass is 237 g/mol. The van der Waals surface area contributed by atoms with Crippen LogP contribution in [0.15, 0.2) is 24.3 Å². The minimum atomic E-state index is -0.650. The molecule has 16 heavy (non-hydrogen) atoms. The summed E-state index contributed by atoms with van der Waals surface area (Å²) in [4.78, 5) is 0. The Kier molecular flexibility index (Phi) is 2.46. The SMILES string of the molecule is OC1(c2cccc(Cl)c2)CC2CNCC2C1. The molecule has 1 heterocycles. The van der Waals surface area contributed by atoms with Crippen LogP contribution in [0.2, 0.25) is 5.02 Å². The van der Waals surface area contributed by atoms with Crippen LogP contribution in [0.3, 0.4) is 0 Å². The zero-order valence-corrected chi connectivity index (χ0v) is 9.87. The second-order valence-electron chi connectivity index (χ2n) is 5.13. The molecule has 2 nitrogen and oxygen atoms in total. The van der Waals surface area contributed by atoms with Gasteiger partial charge in [0.1, 0.15) is 0 Å². The summed E-state index contributed by atoms with van der Waals surface area (Å²) in [6.07, 6.45) is 1.73. The standard InChI is InChI=1S/C13H16ClNO/c14-12-3-1-2-11(4-12)13(16)5-9-7-15-8-10(9)6-13/h1-4,9-10,15-16H,5-8H2. The van der Waals surface area contributed by atoms with Crippen LogP contribution < -0.4 is 5.32 Å². The van der Waals surface area contributed by atoms with Crippen LogP contribution in [0.25, 0.3) is 0 Å². The number of fused-ring (bicyclic) bond motifs is 1. The van der Waals surface area contributed by atoms with Gasteiger partial charge in [-0.1, -0.05) is 23.7 Å². The first kappa shape index (κ1) is 10.6. The van der Waals surface area contributed by atoms with Crippen molar-refractivity contribution in [1.82, 2.24) is 5.32 Å². The predicted octanol–water partition coefficient (Wildman–Crippen LogP) is 2.16. The smallest absolute Gasteiger partial charge is 0.0903 e. The fourth-order valence-corrected chi connectivity index (χ4v) is 3.42. The molecule has 1 saturated heterocycles. The van der Waals surface area contributed by atoms with Crippen molar-refractivity contribution in [3.8, 4) is 0 Å². The molecule has 0 spiro atoms. The van der Waals surface area contributed by atoms with Crippen LogP contribution in [0, 0.1) is 11.8 Å². The van der Waals surface area contributed by atoms with Crippen molar-refractivity contribution < 1.29 is 5.11 Å². The molecule has 2 unspecified atom stereocenters. The summed E-state index contributed by atoms with van der Waals surface area (Å²) in [6.45, 7) is 2.10. The van der Waals surface area contributed by atoms with E-state index in [9.17, 15) is 5.11 Å². The summed E-state index contributed by atoms with van der Waals surface area (Å²) in [5, 5.41) is 14.8. The average molecular weight is 238 g/mol. The largest absolute Gasteiger partial charge is 0.385 e. The van der Waals surface area contributed by atoms with Crippen LogP contribution in [-0.4, -0.2) is 18.2 Å². The van der Waals surface area contributed by atoms with Gasteiger partial charge in [-0.25, -0.2) is 0 Å². The highest BCUT2D eigenvalue weighted by molar-refractivity contribution is 6.30. The number of rotatable bonds is 1. The molecule has 3 heteroatoms. The molecule has 0 aromatic heterocycles. The molecule has 86 valence electrons. The molecule has 1 saturated carbocycles. The number of aliphatic hydroxyl groups is 1. The summed E-state index contributed by atoms with van der Waals surface area (Å²) in [6, 6.07) is 7.66. The zero-order valence-electron chi connectivity index (χ0n) is 9.12. The van der Waals surface area contributed by atoms with E-state index in [1.54, 1.807) is 0 Å². The Morgan fingerprint density at radius 2 is 1.94 bits per heavy atom. The highest BCUT2D eigenvalue weighted by atomic mass is 35.5. The molecule has 0 amide bonds. The third-order valence-electron chi connectivity index (χ3n) is 4.04. The predicted molar refractivity (Wildman–Crippen MR) is 64.4 cm³/mol. The van der Waals surface area contributed by atoms with Crippen LogP contribution in [0.4, 0.5) is 0 Å². The molecule has 1 aliphatic carbocycles. The van der Waals surface area contributed by atoms with Crippen molar-refractivity contribution in [3.63, 3.8) is 0 Å². The van der Waals surface area contributed by atoms with Gasteiger partial charge in [0.25, 0.3) is 0 Å². The zero-order chi connectivity index (χ0) is 11.2. The Hall–Kier alpha value is -0.570. The van der Waals surface area contributed by atoms with Gasteiger partial charge in [-0.3, -0.25) is 0 Å². The number of benzene rings is 1. The topological polar surface area (TPSA) is 32.3 Å². The van der Waals surface area contributed by atoms with Crippen molar-refractivity contribution in [1.29, 1.82) is 0 Å². The van der Waals surface area contributed by atoms with E-state index in [0.717, 1.165) is 31.5 Å². The van der Waals surface area contributed by atoms with Gasteiger partial charge in [-0.05, 0) is 55.5 Å². The maximum Gasteiger partial charge on any atom is 0.0903 e. The fourth-order valence-electron chi connectivity index (χ4n) is 3.23. The van der Waals surface area contributed by atoms with E-state index in [2.05, 4.69) is 5.32 Å². The Bertz CT molecular complexity index is 395. The molecule has 0 bridgehead atoms. The van der Waals surface area contributed by atoms with E-state index in [1.807, 2.05) is 24.3 Å². The second kappa shape index (κ2) is 3.73. The Morgan fingerprint density at radius 3 is 2.56 bits per heavy atom. The molecule has 0 radical (unpaired) electrons. The van der Waals surface area contributed by atoms with Crippen LogP contribution in [0.1, 0.15) is 18.4 Å². The summed E-state index contributed by atoms with van der Waals surface area (Å²) in [5.41, 5.74) is 0.330. The fraction of sp³-hybridized carbons (Fsp3) is 0.538. The number of nitrogens with one attached hydrogen (secondary N) is 1. The first-order valence-electron chi connectivity index (χ1n) is 5.86. The van der Waals surface area contributed by atoms with E-state index >= 15 is 0 Å². The lowest BCUT2D eigenvalue weighted by Gasteiger charge is -2.24. The van der Waals surface area contributed by atoms with E-state index in [-0.39, 0.29) is 0 Å². The van der Waals surface area contributed by atoms with Gasteiger partial charge in [-0.15, -0.1) is 0 Å². The molecule has 2 fully saturated rings. The lowest BCUT2D eigenvalue weighted by atomic mass is 9.91. The lowest BCUT2D eigenvalue weighted by molar-refractivity contribution is 0.0359. The van der Waals surface area contributed by atoms with Crippen molar-refractivity contribution >= 4 is 11.6 Å². The quantitative estimate of drug-likeness (QED) is 0.785. The van der Waals surface area contributed by atoms with Gasteiger partial charge in [0.2, 0.25) is 0 Å². The van der Waals surface area contributed by atoms with Crippen molar-refractivity contribution in [3.05, 3.63) is 34.9 Å². The van der Waals surface area contributed by atoms with E-state index in [4.69, 9.17) is 11.6 Å². The van der Waals surface area contributed by atoms with Gasteiger partial charge in [0.15, 0.2) is 0 Å². The lowest BCUT2D eigenvalue weighted by Crippen LogP contribution is -2.25. The minimum absolute atomic E-state index is 0.629. The molecule has 1 aliphatic heterocycles. The van der Waals surface area contributed by atoms with E-state index in [1.165, 1.54) is 0 Å². The molecule has 1 aromatic rings. The number of hydrogen-bond acceptors (Lipinski definition) is 2.